The van der Waals surface area contributed by atoms with Gasteiger partial charge in [-0.1, -0.05) is 0 Å². The molecule has 1 aliphatic heterocycles. The molecule has 1 amide bonds. The molecule has 0 saturated carbocycles. The molecule has 1 aromatic carbocycles. The lowest BCUT2D eigenvalue weighted by molar-refractivity contribution is -0.170. The predicted molar refractivity (Wildman–Crippen MR) is 84.3 cm³/mol. The second-order valence-electron chi connectivity index (χ2n) is 5.54. The maximum Gasteiger partial charge on any atom is 0.471 e. The Hall–Kier alpha value is -1.24. The van der Waals surface area contributed by atoms with Gasteiger partial charge in [-0.15, -0.1) is 0 Å². The number of carbonyl (C=O) groups excluding carboxylic acids is 1. The number of benzene rings is 1. The molecule has 3 nitrogen and oxygen atoms in total. The molecular formula is C15H18BrF3N2O. The molecule has 0 aliphatic carbocycles. The summed E-state index contributed by atoms with van der Waals surface area (Å²) in [5.74, 6) is -1.88. The Morgan fingerprint density at radius 2 is 2.05 bits per heavy atom. The fraction of sp³-hybridized carbons (Fsp3) is 0.533. The van der Waals surface area contributed by atoms with Crippen molar-refractivity contribution in [3.05, 3.63) is 22.7 Å². The molecule has 1 aromatic rings. The third-order valence-corrected chi connectivity index (χ3v) is 4.61. The molecule has 0 spiro atoms. The Balaban J connectivity index is 2.24. The summed E-state index contributed by atoms with van der Waals surface area (Å²) in [6.07, 6.45) is -1.48. The zero-order chi connectivity index (χ0) is 16.5. The van der Waals surface area contributed by atoms with Gasteiger partial charge in [0.2, 0.25) is 0 Å². The number of nitrogens with zero attached hydrogens (tertiary/aromatic N) is 2. The summed E-state index contributed by atoms with van der Waals surface area (Å²) in [5.41, 5.74) is 1.16. The molecule has 1 heterocycles. The third-order valence-electron chi connectivity index (χ3n) is 3.98. The molecule has 0 bridgehead atoms. The molecular weight excluding hydrogens is 361 g/mol. The number of piperidine rings is 1. The van der Waals surface area contributed by atoms with E-state index in [0.717, 1.165) is 32.1 Å². The fourth-order valence-corrected chi connectivity index (χ4v) is 3.30. The molecule has 122 valence electrons. The first-order valence-corrected chi connectivity index (χ1v) is 7.92. The molecule has 7 heteroatoms. The summed E-state index contributed by atoms with van der Waals surface area (Å²) in [5, 5.41) is 0. The molecule has 1 unspecified atom stereocenters. The summed E-state index contributed by atoms with van der Waals surface area (Å²) in [7, 11) is 1.13. The molecule has 0 aromatic heterocycles. The van der Waals surface area contributed by atoms with E-state index in [-0.39, 0.29) is 5.69 Å². The van der Waals surface area contributed by atoms with Gasteiger partial charge in [-0.05, 0) is 60.3 Å². The minimum absolute atomic E-state index is 0.211. The monoisotopic (exact) mass is 378 g/mol. The van der Waals surface area contributed by atoms with Crippen LogP contribution in [0, 0.1) is 0 Å². The Kier molecular flexibility index (Phi) is 5.04. The molecule has 0 N–H and O–H groups in total. The summed E-state index contributed by atoms with van der Waals surface area (Å²) in [4.78, 5) is 14.1. The number of hydrogen-bond acceptors (Lipinski definition) is 2. The maximum atomic E-state index is 12.5. The summed E-state index contributed by atoms with van der Waals surface area (Å²) in [6.45, 7) is 3.06. The summed E-state index contributed by atoms with van der Waals surface area (Å²) in [6, 6.07) is 5.26. The van der Waals surface area contributed by atoms with Crippen LogP contribution in [0.3, 0.4) is 0 Å². The average Bonchev–Trinajstić information content (AvgIpc) is 2.45. The van der Waals surface area contributed by atoms with Gasteiger partial charge in [0.1, 0.15) is 0 Å². The van der Waals surface area contributed by atoms with Crippen LogP contribution in [0.2, 0.25) is 0 Å². The van der Waals surface area contributed by atoms with Crippen LogP contribution in [0.25, 0.3) is 0 Å². The number of alkyl halides is 3. The average molecular weight is 379 g/mol. The minimum atomic E-state index is -4.87. The lowest BCUT2D eigenvalue weighted by Gasteiger charge is -2.36. The van der Waals surface area contributed by atoms with Crippen LogP contribution in [-0.2, 0) is 4.79 Å². The van der Waals surface area contributed by atoms with Gasteiger partial charge in [-0.25, -0.2) is 0 Å². The van der Waals surface area contributed by atoms with E-state index in [1.54, 1.807) is 18.2 Å². The summed E-state index contributed by atoms with van der Waals surface area (Å²) >= 11 is 3.42. The lowest BCUT2D eigenvalue weighted by Crippen LogP contribution is -2.39. The fourth-order valence-electron chi connectivity index (χ4n) is 2.70. The predicted octanol–water partition coefficient (Wildman–Crippen LogP) is 4.35. The van der Waals surface area contributed by atoms with E-state index in [0.29, 0.717) is 15.4 Å². The zero-order valence-corrected chi connectivity index (χ0v) is 14.0. The topological polar surface area (TPSA) is 23.6 Å². The highest BCUT2D eigenvalue weighted by Gasteiger charge is 2.41. The number of rotatable bonds is 2. The van der Waals surface area contributed by atoms with Gasteiger partial charge < -0.3 is 9.80 Å². The quantitative estimate of drug-likeness (QED) is 0.763. The standard InChI is InChI=1S/C15H18BrF3N2O/c1-10-5-3-4-8-21(10)13-7-6-11(9-12(13)16)20(2)14(22)15(17,18)19/h6-7,9-10H,3-5,8H2,1-2H3. The van der Waals surface area contributed by atoms with E-state index in [2.05, 4.69) is 27.8 Å². The van der Waals surface area contributed by atoms with Gasteiger partial charge in [0.25, 0.3) is 0 Å². The normalized spacial score (nSPS) is 19.2. The van der Waals surface area contributed by atoms with Crippen molar-refractivity contribution >= 4 is 33.2 Å². The van der Waals surface area contributed by atoms with Crippen LogP contribution in [-0.4, -0.2) is 31.7 Å². The SMILES string of the molecule is CC1CCCCN1c1ccc(N(C)C(=O)C(F)(F)F)cc1Br. The van der Waals surface area contributed by atoms with Crippen LogP contribution in [0.5, 0.6) is 0 Å². The van der Waals surface area contributed by atoms with Crippen LogP contribution < -0.4 is 9.80 Å². The van der Waals surface area contributed by atoms with E-state index >= 15 is 0 Å². The molecule has 2 rings (SSSR count). The van der Waals surface area contributed by atoms with E-state index < -0.39 is 12.1 Å². The number of amides is 1. The molecule has 22 heavy (non-hydrogen) atoms. The number of halogens is 4. The number of carbonyl (C=O) groups is 1. The van der Waals surface area contributed by atoms with E-state index in [1.165, 1.54) is 6.42 Å². The van der Waals surface area contributed by atoms with Gasteiger partial charge in [-0.3, -0.25) is 4.79 Å². The van der Waals surface area contributed by atoms with Crippen LogP contribution in [0.15, 0.2) is 22.7 Å². The van der Waals surface area contributed by atoms with Crippen molar-refractivity contribution < 1.29 is 18.0 Å². The molecule has 1 fully saturated rings. The molecule has 1 aliphatic rings. The van der Waals surface area contributed by atoms with Crippen molar-refractivity contribution in [3.8, 4) is 0 Å². The first-order chi connectivity index (χ1) is 10.2. The Morgan fingerprint density at radius 1 is 1.36 bits per heavy atom. The maximum absolute atomic E-state index is 12.5. The highest BCUT2D eigenvalue weighted by atomic mass is 79.9. The van der Waals surface area contributed by atoms with Crippen molar-refractivity contribution in [3.63, 3.8) is 0 Å². The Morgan fingerprint density at radius 3 is 2.59 bits per heavy atom. The van der Waals surface area contributed by atoms with Crippen molar-refractivity contribution in [1.82, 2.24) is 0 Å². The highest BCUT2D eigenvalue weighted by Crippen LogP contribution is 2.34. The minimum Gasteiger partial charge on any atom is -0.368 e. The first-order valence-electron chi connectivity index (χ1n) is 7.13. The van der Waals surface area contributed by atoms with Crippen LogP contribution in [0.4, 0.5) is 24.5 Å². The van der Waals surface area contributed by atoms with E-state index in [1.807, 2.05) is 0 Å². The van der Waals surface area contributed by atoms with E-state index in [4.69, 9.17) is 0 Å². The lowest BCUT2D eigenvalue weighted by atomic mass is 10.0. The molecule has 1 saturated heterocycles. The third kappa shape index (κ3) is 3.56. The van der Waals surface area contributed by atoms with Crippen molar-refractivity contribution in [2.24, 2.45) is 0 Å². The Labute approximate surface area is 136 Å². The van der Waals surface area contributed by atoms with Crippen LogP contribution in [0.1, 0.15) is 26.2 Å². The second-order valence-corrected chi connectivity index (χ2v) is 6.39. The van der Waals surface area contributed by atoms with Gasteiger partial charge in [-0.2, -0.15) is 13.2 Å². The Bertz CT molecular complexity index is 562. The number of hydrogen-bond donors (Lipinski definition) is 0. The van der Waals surface area contributed by atoms with Gasteiger partial charge in [0.05, 0.1) is 5.69 Å². The van der Waals surface area contributed by atoms with Crippen molar-refractivity contribution in [2.75, 3.05) is 23.4 Å². The van der Waals surface area contributed by atoms with Crippen molar-refractivity contribution in [1.29, 1.82) is 0 Å². The van der Waals surface area contributed by atoms with Gasteiger partial charge >= 0.3 is 12.1 Å². The van der Waals surface area contributed by atoms with Gasteiger partial charge in [0.15, 0.2) is 0 Å². The van der Waals surface area contributed by atoms with E-state index in [9.17, 15) is 18.0 Å². The largest absolute Gasteiger partial charge is 0.471 e. The highest BCUT2D eigenvalue weighted by molar-refractivity contribution is 9.10. The zero-order valence-electron chi connectivity index (χ0n) is 12.5. The second kappa shape index (κ2) is 6.48. The summed E-state index contributed by atoms with van der Waals surface area (Å²) < 4.78 is 38.2. The van der Waals surface area contributed by atoms with Crippen LogP contribution >= 0.6 is 15.9 Å². The van der Waals surface area contributed by atoms with Crippen molar-refractivity contribution in [2.45, 2.75) is 38.4 Å². The number of anilines is 2. The smallest absolute Gasteiger partial charge is 0.368 e. The molecule has 0 radical (unpaired) electrons. The van der Waals surface area contributed by atoms with Gasteiger partial charge in [0, 0.05) is 29.8 Å². The molecule has 1 atom stereocenters. The first kappa shape index (κ1) is 17.1.